The number of hydrogen-bond acceptors (Lipinski definition) is 3. The lowest BCUT2D eigenvalue weighted by molar-refractivity contribution is -0.192. The Labute approximate surface area is 146 Å². The normalized spacial score (nSPS) is 11.5. The second-order valence-corrected chi connectivity index (χ2v) is 4.98. The van der Waals surface area contributed by atoms with Gasteiger partial charge in [0.2, 0.25) is 0 Å². The van der Waals surface area contributed by atoms with Gasteiger partial charge in [0, 0.05) is 12.3 Å². The zero-order chi connectivity index (χ0) is 20.3. The number of aryl methyl sites for hydroxylation is 1. The minimum Gasteiger partial charge on any atom is -0.475 e. The van der Waals surface area contributed by atoms with Crippen molar-refractivity contribution in [2.24, 2.45) is 0 Å². The molecule has 142 valence electrons. The molecule has 1 aromatic carbocycles. The average molecular weight is 403 g/mol. The third-order valence-electron chi connectivity index (χ3n) is 2.79. The van der Waals surface area contributed by atoms with E-state index in [2.05, 4.69) is 4.98 Å². The fraction of sp³-hybridized carbons (Fsp3) is 0.214. The monoisotopic (exact) mass is 402 g/mol. The minimum atomic E-state index is -5.08. The third-order valence-corrected chi connectivity index (χ3v) is 3.19. The molecule has 0 spiro atoms. The van der Waals surface area contributed by atoms with Gasteiger partial charge in [0.1, 0.15) is 5.82 Å². The van der Waals surface area contributed by atoms with Gasteiger partial charge < -0.3 is 5.11 Å². The Bertz CT molecular complexity index is 861. The zero-order valence-corrected chi connectivity index (χ0v) is 13.4. The van der Waals surface area contributed by atoms with E-state index in [1.54, 1.807) is 0 Å². The van der Waals surface area contributed by atoms with Crippen LogP contribution in [-0.2, 0) is 11.0 Å². The lowest BCUT2D eigenvalue weighted by Crippen LogP contribution is -2.21. The van der Waals surface area contributed by atoms with Crippen LogP contribution >= 0.6 is 11.6 Å². The topological polar surface area (TPSA) is 72.2 Å². The van der Waals surface area contributed by atoms with Gasteiger partial charge in [-0.3, -0.25) is 9.36 Å². The quantitative estimate of drug-likeness (QED) is 0.736. The highest BCUT2D eigenvalue weighted by molar-refractivity contribution is 6.33. The maximum Gasteiger partial charge on any atom is 0.490 e. The van der Waals surface area contributed by atoms with Gasteiger partial charge in [-0.1, -0.05) is 17.7 Å². The van der Waals surface area contributed by atoms with Gasteiger partial charge in [-0.15, -0.1) is 0 Å². The summed E-state index contributed by atoms with van der Waals surface area (Å²) < 4.78 is 71.0. The summed E-state index contributed by atoms with van der Waals surface area (Å²) in [6.07, 6.45) is -8.37. The fourth-order valence-electron chi connectivity index (χ4n) is 1.71. The predicted octanol–water partition coefficient (Wildman–Crippen LogP) is 3.85. The molecule has 0 saturated heterocycles. The number of carboxylic acid groups (broad SMARTS) is 1. The molecule has 0 saturated carbocycles. The fourth-order valence-corrected chi connectivity index (χ4v) is 2.02. The van der Waals surface area contributed by atoms with Crippen molar-refractivity contribution in [1.29, 1.82) is 0 Å². The minimum absolute atomic E-state index is 0.0351. The van der Waals surface area contributed by atoms with Crippen LogP contribution in [0.4, 0.5) is 26.3 Å². The van der Waals surface area contributed by atoms with Crippen molar-refractivity contribution < 1.29 is 36.2 Å². The highest BCUT2D eigenvalue weighted by Crippen LogP contribution is 2.37. The number of alkyl halides is 6. The van der Waals surface area contributed by atoms with Crippen molar-refractivity contribution >= 4 is 17.6 Å². The number of aromatic nitrogens is 2. The number of benzene rings is 1. The van der Waals surface area contributed by atoms with Crippen LogP contribution in [0.3, 0.4) is 0 Å². The maximum absolute atomic E-state index is 12.8. The molecule has 0 atom stereocenters. The van der Waals surface area contributed by atoms with Crippen molar-refractivity contribution in [3.63, 3.8) is 0 Å². The molecule has 26 heavy (non-hydrogen) atoms. The van der Waals surface area contributed by atoms with E-state index < -0.39 is 34.5 Å². The molecule has 0 bridgehead atoms. The standard InChI is InChI=1S/C12H8ClF3N2O.C2HF3O2/c1-7-17-6-5-10(19)18(7)9-4-2-3-8(11(9)13)12(14,15)16;3-2(4,5)1(6)7/h2-6H,1H3;(H,6,7). The second kappa shape index (κ2) is 7.77. The Balaban J connectivity index is 0.000000412. The number of hydrogen-bond donors (Lipinski definition) is 1. The Morgan fingerprint density at radius 3 is 2.12 bits per heavy atom. The number of aliphatic carboxylic acids is 1. The Hall–Kier alpha value is -2.56. The summed E-state index contributed by atoms with van der Waals surface area (Å²) in [5.74, 6) is -2.50. The van der Waals surface area contributed by atoms with E-state index in [0.29, 0.717) is 0 Å². The van der Waals surface area contributed by atoms with Crippen molar-refractivity contribution in [2.45, 2.75) is 19.3 Å². The zero-order valence-electron chi connectivity index (χ0n) is 12.7. The van der Waals surface area contributed by atoms with E-state index in [0.717, 1.165) is 16.7 Å². The summed E-state index contributed by atoms with van der Waals surface area (Å²) >= 11 is 5.76. The summed E-state index contributed by atoms with van der Waals surface area (Å²) in [6, 6.07) is 4.56. The van der Waals surface area contributed by atoms with Crippen molar-refractivity contribution in [3.05, 3.63) is 57.2 Å². The van der Waals surface area contributed by atoms with E-state index in [4.69, 9.17) is 21.5 Å². The molecular formula is C14H9ClF6N2O3. The van der Waals surface area contributed by atoms with E-state index in [-0.39, 0.29) is 11.5 Å². The van der Waals surface area contributed by atoms with Crippen LogP contribution in [-0.4, -0.2) is 26.8 Å². The second-order valence-electron chi connectivity index (χ2n) is 4.61. The average Bonchev–Trinajstić information content (AvgIpc) is 2.47. The first kappa shape index (κ1) is 21.5. The lowest BCUT2D eigenvalue weighted by Gasteiger charge is -2.14. The summed E-state index contributed by atoms with van der Waals surface area (Å²) in [5.41, 5.74) is -1.51. The molecule has 1 aromatic heterocycles. The molecule has 0 aliphatic rings. The van der Waals surface area contributed by atoms with E-state index in [1.165, 1.54) is 25.3 Å². The van der Waals surface area contributed by atoms with Gasteiger partial charge in [-0.2, -0.15) is 26.3 Å². The van der Waals surface area contributed by atoms with Crippen molar-refractivity contribution in [3.8, 4) is 5.69 Å². The van der Waals surface area contributed by atoms with Gasteiger partial charge in [0.15, 0.2) is 0 Å². The van der Waals surface area contributed by atoms with Gasteiger partial charge in [0.05, 0.1) is 16.3 Å². The summed E-state index contributed by atoms with van der Waals surface area (Å²) in [5, 5.41) is 6.60. The maximum atomic E-state index is 12.8. The number of carbonyl (C=O) groups is 1. The summed E-state index contributed by atoms with van der Waals surface area (Å²) in [4.78, 5) is 24.5. The molecule has 2 aromatic rings. The van der Waals surface area contributed by atoms with Crippen molar-refractivity contribution in [1.82, 2.24) is 9.55 Å². The van der Waals surface area contributed by atoms with Crippen molar-refractivity contribution in [2.75, 3.05) is 0 Å². The molecule has 1 N–H and O–H groups in total. The first-order valence-corrected chi connectivity index (χ1v) is 6.85. The number of carboxylic acids is 1. The van der Waals surface area contributed by atoms with Crippen LogP contribution in [0.25, 0.3) is 5.69 Å². The van der Waals surface area contributed by atoms with E-state index >= 15 is 0 Å². The number of rotatable bonds is 1. The van der Waals surface area contributed by atoms with Gasteiger partial charge in [-0.25, -0.2) is 9.78 Å². The molecule has 0 radical (unpaired) electrons. The predicted molar refractivity (Wildman–Crippen MR) is 78.3 cm³/mol. The molecule has 12 heteroatoms. The van der Waals surface area contributed by atoms with Gasteiger partial charge in [-0.05, 0) is 19.1 Å². The van der Waals surface area contributed by atoms with E-state index in [1.807, 2.05) is 0 Å². The van der Waals surface area contributed by atoms with Gasteiger partial charge >= 0.3 is 18.3 Å². The largest absolute Gasteiger partial charge is 0.490 e. The number of nitrogens with zero attached hydrogens (tertiary/aromatic N) is 2. The smallest absolute Gasteiger partial charge is 0.475 e. The Morgan fingerprint density at radius 2 is 1.69 bits per heavy atom. The molecule has 2 rings (SSSR count). The molecule has 0 aliphatic carbocycles. The molecule has 0 amide bonds. The van der Waals surface area contributed by atoms with Crippen LogP contribution < -0.4 is 5.56 Å². The van der Waals surface area contributed by atoms with Crippen LogP contribution in [0.5, 0.6) is 0 Å². The van der Waals surface area contributed by atoms with Crippen LogP contribution in [0.1, 0.15) is 11.4 Å². The Kier molecular flexibility index (Phi) is 6.42. The summed E-state index contributed by atoms with van der Waals surface area (Å²) in [7, 11) is 0. The molecule has 1 heterocycles. The van der Waals surface area contributed by atoms with E-state index in [9.17, 15) is 31.1 Å². The van der Waals surface area contributed by atoms with Crippen LogP contribution in [0, 0.1) is 6.92 Å². The first-order chi connectivity index (χ1) is 11.8. The SMILES string of the molecule is Cc1nccc(=O)n1-c1cccc(C(F)(F)F)c1Cl.O=C(O)C(F)(F)F. The number of halogens is 7. The Morgan fingerprint density at radius 1 is 1.15 bits per heavy atom. The molecule has 5 nitrogen and oxygen atoms in total. The molecule has 0 unspecified atom stereocenters. The molecular weight excluding hydrogens is 394 g/mol. The molecule has 0 aliphatic heterocycles. The first-order valence-electron chi connectivity index (χ1n) is 6.47. The van der Waals surface area contributed by atoms with Crippen LogP contribution in [0.15, 0.2) is 35.3 Å². The third kappa shape index (κ3) is 5.22. The van der Waals surface area contributed by atoms with Gasteiger partial charge in [0.25, 0.3) is 5.56 Å². The molecule has 0 fully saturated rings. The lowest BCUT2D eigenvalue weighted by atomic mass is 10.2. The highest BCUT2D eigenvalue weighted by Gasteiger charge is 2.38. The van der Waals surface area contributed by atoms with Crippen LogP contribution in [0.2, 0.25) is 5.02 Å². The summed E-state index contributed by atoms with van der Waals surface area (Å²) in [6.45, 7) is 1.51. The highest BCUT2D eigenvalue weighted by atomic mass is 35.5.